The molecule has 5 heteroatoms. The first-order valence-corrected chi connectivity index (χ1v) is 4.11. The summed E-state index contributed by atoms with van der Waals surface area (Å²) in [5.74, 6) is 0. The molecule has 0 saturated heterocycles. The smallest absolute Gasteiger partial charge is 0.268 e. The molecule has 0 saturated carbocycles. The molecule has 1 heterocycles. The lowest BCUT2D eigenvalue weighted by molar-refractivity contribution is 0.733. The van der Waals surface area contributed by atoms with Gasteiger partial charge in [0.1, 0.15) is 4.60 Å². The predicted molar refractivity (Wildman–Crippen MR) is 46.5 cm³/mol. The van der Waals surface area contributed by atoms with Crippen molar-refractivity contribution >= 4 is 15.9 Å². The van der Waals surface area contributed by atoms with Crippen molar-refractivity contribution in [3.63, 3.8) is 0 Å². The molecule has 0 amide bonds. The summed E-state index contributed by atoms with van der Waals surface area (Å²) in [6.45, 7) is 1.86. The first-order valence-electron chi connectivity index (χ1n) is 3.32. The van der Waals surface area contributed by atoms with Crippen LogP contribution in [0.3, 0.4) is 0 Å². The molecule has 1 atom stereocenters. The Morgan fingerprint density at radius 2 is 2.27 bits per heavy atom. The summed E-state index contributed by atoms with van der Waals surface area (Å²) in [6.07, 6.45) is 0.583. The number of aromatic amines is 2. The summed E-state index contributed by atoms with van der Waals surface area (Å²) < 4.78 is 0.694. The van der Waals surface area contributed by atoms with Crippen LogP contribution < -0.4 is 11.3 Å². The van der Waals surface area contributed by atoms with E-state index >= 15 is 0 Å². The third kappa shape index (κ3) is 1.94. The summed E-state index contributed by atoms with van der Waals surface area (Å²) in [5, 5.41) is 5.13. The van der Waals surface area contributed by atoms with Crippen molar-refractivity contribution in [3.05, 3.63) is 20.5 Å². The summed E-state index contributed by atoms with van der Waals surface area (Å²) in [5.41, 5.74) is 6.11. The summed E-state index contributed by atoms with van der Waals surface area (Å²) in [4.78, 5) is 11.0. The van der Waals surface area contributed by atoms with Gasteiger partial charge >= 0.3 is 0 Å². The molecule has 4 N–H and O–H groups in total. The van der Waals surface area contributed by atoms with Crippen molar-refractivity contribution in [2.45, 2.75) is 19.4 Å². The fourth-order valence-electron chi connectivity index (χ4n) is 0.866. The van der Waals surface area contributed by atoms with E-state index in [1.165, 1.54) is 0 Å². The molecule has 0 spiro atoms. The van der Waals surface area contributed by atoms with Crippen molar-refractivity contribution in [1.82, 2.24) is 10.2 Å². The standard InChI is InChI=1S/C6H10BrN3O/c1-3(8)2-4-5(7)9-10-6(4)11/h3H,2,8H2,1H3,(H2,9,10,11). The van der Waals surface area contributed by atoms with Gasteiger partial charge in [-0.25, -0.2) is 0 Å². The molecule has 62 valence electrons. The Kier molecular flexibility index (Phi) is 2.51. The van der Waals surface area contributed by atoms with Crippen molar-refractivity contribution < 1.29 is 0 Å². The molecule has 0 aromatic carbocycles. The van der Waals surface area contributed by atoms with Crippen LogP contribution in [-0.2, 0) is 6.42 Å². The Labute approximate surface area is 72.3 Å². The number of H-pyrrole nitrogens is 2. The average Bonchev–Trinajstić information content (AvgIpc) is 2.18. The van der Waals surface area contributed by atoms with E-state index in [1.54, 1.807) is 0 Å². The van der Waals surface area contributed by atoms with E-state index in [0.29, 0.717) is 16.6 Å². The van der Waals surface area contributed by atoms with Crippen LogP contribution in [0.25, 0.3) is 0 Å². The van der Waals surface area contributed by atoms with Crippen LogP contribution in [0.2, 0.25) is 0 Å². The quantitative estimate of drug-likeness (QED) is 0.672. The van der Waals surface area contributed by atoms with Gasteiger partial charge in [0.2, 0.25) is 0 Å². The molecule has 0 aliphatic heterocycles. The van der Waals surface area contributed by atoms with Gasteiger partial charge in [-0.1, -0.05) is 0 Å². The van der Waals surface area contributed by atoms with Crippen LogP contribution in [0.15, 0.2) is 9.40 Å². The van der Waals surface area contributed by atoms with Gasteiger partial charge in [-0.2, -0.15) is 0 Å². The van der Waals surface area contributed by atoms with Crippen LogP contribution in [0.4, 0.5) is 0 Å². The summed E-state index contributed by atoms with van der Waals surface area (Å²) in [6, 6.07) is 0.00296. The Balaban J connectivity index is 2.92. The zero-order valence-corrected chi connectivity index (χ0v) is 7.73. The van der Waals surface area contributed by atoms with Gasteiger partial charge < -0.3 is 5.73 Å². The Morgan fingerprint density at radius 1 is 1.64 bits per heavy atom. The van der Waals surface area contributed by atoms with E-state index in [0.717, 1.165) is 0 Å². The molecule has 0 radical (unpaired) electrons. The second-order valence-corrected chi connectivity index (χ2v) is 3.35. The molecule has 1 unspecified atom stereocenters. The highest BCUT2D eigenvalue weighted by molar-refractivity contribution is 9.10. The molecule has 0 bridgehead atoms. The minimum atomic E-state index is -0.103. The Morgan fingerprint density at radius 3 is 2.64 bits per heavy atom. The van der Waals surface area contributed by atoms with Gasteiger partial charge in [0.15, 0.2) is 0 Å². The maximum Gasteiger partial charge on any atom is 0.268 e. The molecule has 1 aromatic heterocycles. The SMILES string of the molecule is CC(N)Cc1c(Br)[nH][nH]c1=O. The van der Waals surface area contributed by atoms with Gasteiger partial charge in [-0.3, -0.25) is 15.0 Å². The number of hydrogen-bond donors (Lipinski definition) is 3. The van der Waals surface area contributed by atoms with E-state index in [2.05, 4.69) is 26.1 Å². The average molecular weight is 220 g/mol. The van der Waals surface area contributed by atoms with Crippen molar-refractivity contribution in [2.75, 3.05) is 0 Å². The minimum absolute atomic E-state index is 0.00296. The third-order valence-corrected chi connectivity index (χ3v) is 2.03. The second-order valence-electron chi connectivity index (χ2n) is 2.55. The van der Waals surface area contributed by atoms with E-state index in [-0.39, 0.29) is 11.6 Å². The Bertz CT molecular complexity index is 288. The maximum atomic E-state index is 11.0. The summed E-state index contributed by atoms with van der Waals surface area (Å²) in [7, 11) is 0. The largest absolute Gasteiger partial charge is 0.328 e. The Hall–Kier alpha value is -0.550. The van der Waals surface area contributed by atoms with Crippen LogP contribution in [0, 0.1) is 0 Å². The third-order valence-electron chi connectivity index (χ3n) is 1.35. The van der Waals surface area contributed by atoms with Crippen LogP contribution in [0.1, 0.15) is 12.5 Å². The molecule has 0 fully saturated rings. The zero-order chi connectivity index (χ0) is 8.43. The van der Waals surface area contributed by atoms with Gasteiger partial charge in [0, 0.05) is 6.04 Å². The fourth-order valence-corrected chi connectivity index (χ4v) is 1.31. The van der Waals surface area contributed by atoms with Gasteiger partial charge in [0.25, 0.3) is 5.56 Å². The molecule has 1 rings (SSSR count). The lowest BCUT2D eigenvalue weighted by atomic mass is 10.1. The van der Waals surface area contributed by atoms with Crippen molar-refractivity contribution in [2.24, 2.45) is 5.73 Å². The molecule has 11 heavy (non-hydrogen) atoms. The normalized spacial score (nSPS) is 13.4. The number of nitrogens with two attached hydrogens (primary N) is 1. The predicted octanol–water partition coefficient (Wildman–Crippen LogP) is 0.355. The highest BCUT2D eigenvalue weighted by Gasteiger charge is 2.08. The highest BCUT2D eigenvalue weighted by Crippen LogP contribution is 2.09. The number of aromatic nitrogens is 2. The molecular formula is C6H10BrN3O. The van der Waals surface area contributed by atoms with E-state index in [1.807, 2.05) is 6.92 Å². The zero-order valence-electron chi connectivity index (χ0n) is 6.15. The van der Waals surface area contributed by atoms with Crippen molar-refractivity contribution in [3.8, 4) is 0 Å². The lowest BCUT2D eigenvalue weighted by Gasteiger charge is -2.00. The number of nitrogens with one attached hydrogen (secondary N) is 2. The maximum absolute atomic E-state index is 11.0. The molecular weight excluding hydrogens is 210 g/mol. The number of halogens is 1. The first-order chi connectivity index (χ1) is 5.11. The van der Waals surface area contributed by atoms with Gasteiger partial charge in [-0.15, -0.1) is 0 Å². The van der Waals surface area contributed by atoms with Gasteiger partial charge in [0.05, 0.1) is 5.56 Å². The van der Waals surface area contributed by atoms with E-state index in [4.69, 9.17) is 5.73 Å². The lowest BCUT2D eigenvalue weighted by Crippen LogP contribution is -2.21. The van der Waals surface area contributed by atoms with Crippen LogP contribution in [-0.4, -0.2) is 16.2 Å². The van der Waals surface area contributed by atoms with Gasteiger partial charge in [-0.05, 0) is 29.3 Å². The van der Waals surface area contributed by atoms with E-state index < -0.39 is 0 Å². The number of hydrogen-bond acceptors (Lipinski definition) is 2. The van der Waals surface area contributed by atoms with Crippen molar-refractivity contribution in [1.29, 1.82) is 0 Å². The fraction of sp³-hybridized carbons (Fsp3) is 0.500. The minimum Gasteiger partial charge on any atom is -0.328 e. The second kappa shape index (κ2) is 3.23. The molecule has 0 aliphatic rings. The topological polar surface area (TPSA) is 74.7 Å². The molecule has 0 aliphatic carbocycles. The monoisotopic (exact) mass is 219 g/mol. The molecule has 1 aromatic rings. The van der Waals surface area contributed by atoms with Crippen LogP contribution in [0.5, 0.6) is 0 Å². The first kappa shape index (κ1) is 8.55. The van der Waals surface area contributed by atoms with Crippen LogP contribution >= 0.6 is 15.9 Å². The highest BCUT2D eigenvalue weighted by atomic mass is 79.9. The molecule has 4 nitrogen and oxygen atoms in total. The van der Waals surface area contributed by atoms with E-state index in [9.17, 15) is 4.79 Å². The summed E-state index contributed by atoms with van der Waals surface area (Å²) >= 11 is 3.20. The number of rotatable bonds is 2.